The molecule has 22 heavy (non-hydrogen) atoms. The summed E-state index contributed by atoms with van der Waals surface area (Å²) in [4.78, 5) is 26.6. The molecule has 1 atom stereocenters. The second-order valence-corrected chi connectivity index (χ2v) is 6.79. The minimum Gasteiger partial charge on any atom is -0.339 e. The number of amides is 2. The van der Waals surface area contributed by atoms with E-state index in [2.05, 4.69) is 24.4 Å². The van der Waals surface area contributed by atoms with Gasteiger partial charge in [-0.2, -0.15) is 0 Å². The second-order valence-electron chi connectivity index (χ2n) is 6.79. The quantitative estimate of drug-likeness (QED) is 0.933. The first-order chi connectivity index (χ1) is 10.5. The van der Waals surface area contributed by atoms with Gasteiger partial charge in [0.05, 0.1) is 5.92 Å². The number of nitrogens with zero attached hydrogens (tertiary/aromatic N) is 1. The van der Waals surface area contributed by atoms with Crippen LogP contribution in [0.2, 0.25) is 0 Å². The molecule has 0 bridgehead atoms. The summed E-state index contributed by atoms with van der Waals surface area (Å²) in [5.74, 6) is -0.0966. The van der Waals surface area contributed by atoms with Gasteiger partial charge in [-0.3, -0.25) is 9.59 Å². The highest BCUT2D eigenvalue weighted by atomic mass is 16.2. The van der Waals surface area contributed by atoms with Crippen LogP contribution in [0.1, 0.15) is 42.4 Å². The number of carbonyl (C=O) groups is 2. The minimum atomic E-state index is -0.215. The lowest BCUT2D eigenvalue weighted by molar-refractivity contribution is -0.131. The first-order valence-corrected chi connectivity index (χ1v) is 8.14. The largest absolute Gasteiger partial charge is 0.339 e. The van der Waals surface area contributed by atoms with E-state index in [0.717, 1.165) is 29.7 Å². The van der Waals surface area contributed by atoms with Crippen LogP contribution in [0.4, 0.5) is 5.69 Å². The molecule has 1 saturated heterocycles. The summed E-state index contributed by atoms with van der Waals surface area (Å²) >= 11 is 0. The number of aryl methyl sites for hydroxylation is 3. The Balaban J connectivity index is 1.69. The number of likely N-dealkylation sites (tertiary alicyclic amines) is 1. The molecule has 1 saturated carbocycles. The van der Waals surface area contributed by atoms with E-state index in [1.807, 2.05) is 18.7 Å². The molecule has 1 N–H and O–H groups in total. The Labute approximate surface area is 131 Å². The summed E-state index contributed by atoms with van der Waals surface area (Å²) in [7, 11) is 0. The Bertz CT molecular complexity index is 597. The van der Waals surface area contributed by atoms with Gasteiger partial charge in [0.15, 0.2) is 0 Å². The summed E-state index contributed by atoms with van der Waals surface area (Å²) in [5.41, 5.74) is 4.24. The van der Waals surface area contributed by atoms with Crippen molar-refractivity contribution in [2.24, 2.45) is 5.92 Å². The van der Waals surface area contributed by atoms with E-state index >= 15 is 0 Å². The van der Waals surface area contributed by atoms with Gasteiger partial charge in [0, 0.05) is 24.7 Å². The Hall–Kier alpha value is -1.84. The molecule has 4 nitrogen and oxygen atoms in total. The Morgan fingerprint density at radius 2 is 1.82 bits per heavy atom. The number of hydrogen-bond acceptors (Lipinski definition) is 2. The lowest BCUT2D eigenvalue weighted by Crippen LogP contribution is -2.41. The standard InChI is InChI=1S/C18H24N2O2/c1-11-7-12(2)17(13(3)8-11)19-18(22)14-9-16(21)20(10-14)15-5-4-6-15/h7-8,14-15H,4-6,9-10H2,1-3H3,(H,19,22). The van der Waals surface area contributed by atoms with Gasteiger partial charge in [-0.15, -0.1) is 0 Å². The van der Waals surface area contributed by atoms with Gasteiger partial charge in [-0.25, -0.2) is 0 Å². The number of benzene rings is 1. The highest BCUT2D eigenvalue weighted by Gasteiger charge is 2.39. The highest BCUT2D eigenvalue weighted by molar-refractivity contribution is 5.98. The van der Waals surface area contributed by atoms with Gasteiger partial charge in [-0.1, -0.05) is 17.7 Å². The van der Waals surface area contributed by atoms with E-state index in [4.69, 9.17) is 0 Å². The Morgan fingerprint density at radius 1 is 1.18 bits per heavy atom. The third kappa shape index (κ3) is 2.74. The first-order valence-electron chi connectivity index (χ1n) is 8.14. The molecule has 0 radical (unpaired) electrons. The van der Waals surface area contributed by atoms with E-state index in [1.165, 1.54) is 12.0 Å². The normalized spacial score (nSPS) is 21.9. The van der Waals surface area contributed by atoms with E-state index in [-0.39, 0.29) is 17.7 Å². The average molecular weight is 300 g/mol. The summed E-state index contributed by atoms with van der Waals surface area (Å²) in [6.45, 7) is 6.66. The smallest absolute Gasteiger partial charge is 0.229 e. The summed E-state index contributed by atoms with van der Waals surface area (Å²) in [5, 5.41) is 3.05. The average Bonchev–Trinajstić information content (AvgIpc) is 2.74. The number of carbonyl (C=O) groups excluding carboxylic acids is 2. The fraction of sp³-hybridized carbons (Fsp3) is 0.556. The third-order valence-corrected chi connectivity index (χ3v) is 4.97. The lowest BCUT2D eigenvalue weighted by atomic mass is 9.92. The van der Waals surface area contributed by atoms with Crippen molar-refractivity contribution in [3.05, 3.63) is 28.8 Å². The van der Waals surface area contributed by atoms with Crippen LogP contribution >= 0.6 is 0 Å². The van der Waals surface area contributed by atoms with Crippen molar-refractivity contribution in [1.29, 1.82) is 0 Å². The fourth-order valence-corrected chi connectivity index (χ4v) is 3.56. The molecular formula is C18H24N2O2. The van der Waals surface area contributed by atoms with E-state index in [9.17, 15) is 9.59 Å². The molecule has 0 aromatic heterocycles. The zero-order valence-corrected chi connectivity index (χ0v) is 13.6. The predicted octanol–water partition coefficient (Wildman–Crippen LogP) is 2.95. The summed E-state index contributed by atoms with van der Waals surface area (Å²) in [6, 6.07) is 4.53. The van der Waals surface area contributed by atoms with Crippen molar-refractivity contribution < 1.29 is 9.59 Å². The van der Waals surface area contributed by atoms with Gasteiger partial charge in [0.1, 0.15) is 0 Å². The SMILES string of the molecule is Cc1cc(C)c(NC(=O)C2CC(=O)N(C3CCC3)C2)c(C)c1. The zero-order chi connectivity index (χ0) is 15.9. The van der Waals surface area contributed by atoms with Crippen LogP contribution < -0.4 is 5.32 Å². The predicted molar refractivity (Wildman–Crippen MR) is 86.7 cm³/mol. The van der Waals surface area contributed by atoms with Crippen LogP contribution in [0.3, 0.4) is 0 Å². The highest BCUT2D eigenvalue weighted by Crippen LogP contribution is 2.31. The molecule has 1 heterocycles. The van der Waals surface area contributed by atoms with Crippen LogP contribution in [0.5, 0.6) is 0 Å². The topological polar surface area (TPSA) is 49.4 Å². The van der Waals surface area contributed by atoms with Crippen molar-refractivity contribution >= 4 is 17.5 Å². The molecule has 3 rings (SSSR count). The minimum absolute atomic E-state index is 0.0229. The van der Waals surface area contributed by atoms with Crippen LogP contribution in [0, 0.1) is 26.7 Å². The van der Waals surface area contributed by atoms with E-state index in [0.29, 0.717) is 19.0 Å². The molecular weight excluding hydrogens is 276 g/mol. The van der Waals surface area contributed by atoms with Gasteiger partial charge in [0.2, 0.25) is 11.8 Å². The van der Waals surface area contributed by atoms with Gasteiger partial charge < -0.3 is 10.2 Å². The van der Waals surface area contributed by atoms with Crippen molar-refractivity contribution in [3.63, 3.8) is 0 Å². The second kappa shape index (κ2) is 5.75. The third-order valence-electron chi connectivity index (χ3n) is 4.97. The van der Waals surface area contributed by atoms with Crippen LogP contribution in [-0.4, -0.2) is 29.3 Å². The van der Waals surface area contributed by atoms with Crippen molar-refractivity contribution in [2.75, 3.05) is 11.9 Å². The zero-order valence-electron chi connectivity index (χ0n) is 13.6. The van der Waals surface area contributed by atoms with Crippen LogP contribution in [-0.2, 0) is 9.59 Å². The summed E-state index contributed by atoms with van der Waals surface area (Å²) in [6.07, 6.45) is 3.74. The molecule has 1 aliphatic heterocycles. The number of rotatable bonds is 3. The van der Waals surface area contributed by atoms with Crippen molar-refractivity contribution in [1.82, 2.24) is 4.90 Å². The number of anilines is 1. The molecule has 1 aliphatic carbocycles. The molecule has 0 spiro atoms. The number of nitrogens with one attached hydrogen (secondary N) is 1. The lowest BCUT2D eigenvalue weighted by Gasteiger charge is -2.34. The first kappa shape index (κ1) is 15.1. The van der Waals surface area contributed by atoms with E-state index < -0.39 is 0 Å². The van der Waals surface area contributed by atoms with Crippen molar-refractivity contribution in [3.8, 4) is 0 Å². The Kier molecular flexibility index (Phi) is 3.94. The number of hydrogen-bond donors (Lipinski definition) is 1. The maximum atomic E-state index is 12.5. The molecule has 1 unspecified atom stereocenters. The molecule has 118 valence electrons. The summed E-state index contributed by atoms with van der Waals surface area (Å²) < 4.78 is 0. The molecule has 2 amide bonds. The van der Waals surface area contributed by atoms with Crippen LogP contribution in [0.25, 0.3) is 0 Å². The molecule has 1 aromatic carbocycles. The maximum absolute atomic E-state index is 12.5. The Morgan fingerprint density at radius 3 is 2.36 bits per heavy atom. The van der Waals surface area contributed by atoms with Gasteiger partial charge in [0.25, 0.3) is 0 Å². The van der Waals surface area contributed by atoms with Crippen LogP contribution in [0.15, 0.2) is 12.1 Å². The van der Waals surface area contributed by atoms with E-state index in [1.54, 1.807) is 0 Å². The maximum Gasteiger partial charge on any atom is 0.229 e. The van der Waals surface area contributed by atoms with Gasteiger partial charge >= 0.3 is 0 Å². The van der Waals surface area contributed by atoms with Crippen molar-refractivity contribution in [2.45, 2.75) is 52.5 Å². The molecule has 2 fully saturated rings. The fourth-order valence-electron chi connectivity index (χ4n) is 3.56. The molecule has 1 aromatic rings. The molecule has 4 heteroatoms. The molecule has 2 aliphatic rings. The monoisotopic (exact) mass is 300 g/mol. The van der Waals surface area contributed by atoms with Gasteiger partial charge in [-0.05, 0) is 51.2 Å².